The minimum atomic E-state index is -0.463. The van der Waals surface area contributed by atoms with E-state index in [0.717, 1.165) is 11.1 Å². The van der Waals surface area contributed by atoms with Crippen molar-refractivity contribution in [3.63, 3.8) is 0 Å². The zero-order chi connectivity index (χ0) is 14.9. The van der Waals surface area contributed by atoms with E-state index in [0.29, 0.717) is 5.56 Å². The summed E-state index contributed by atoms with van der Waals surface area (Å²) in [5.41, 5.74) is 2.64. The van der Waals surface area contributed by atoms with Crippen LogP contribution in [0.25, 0.3) is 0 Å². The number of carbonyl (C=O) groups excluding carboxylic acids is 1. The molecule has 20 heavy (non-hydrogen) atoms. The van der Waals surface area contributed by atoms with E-state index in [2.05, 4.69) is 20.8 Å². The smallest absolute Gasteiger partial charge is 0.195 e. The van der Waals surface area contributed by atoms with Crippen LogP contribution in [-0.4, -0.2) is 5.78 Å². The fourth-order valence-corrected chi connectivity index (χ4v) is 2.08. The van der Waals surface area contributed by atoms with Crippen molar-refractivity contribution in [3.05, 3.63) is 70.5 Å². The van der Waals surface area contributed by atoms with Crippen molar-refractivity contribution in [3.8, 4) is 0 Å². The molecule has 0 saturated heterocycles. The van der Waals surface area contributed by atoms with Crippen LogP contribution in [0, 0.1) is 12.7 Å². The molecule has 0 spiro atoms. The highest BCUT2D eigenvalue weighted by molar-refractivity contribution is 6.09. The van der Waals surface area contributed by atoms with Crippen LogP contribution in [0.4, 0.5) is 4.39 Å². The van der Waals surface area contributed by atoms with Crippen LogP contribution in [0.1, 0.15) is 47.8 Å². The van der Waals surface area contributed by atoms with E-state index in [1.165, 1.54) is 6.07 Å². The Morgan fingerprint density at radius 1 is 1.00 bits per heavy atom. The summed E-state index contributed by atoms with van der Waals surface area (Å²) in [6, 6.07) is 12.1. The van der Waals surface area contributed by atoms with Crippen molar-refractivity contribution in [1.82, 2.24) is 0 Å². The highest BCUT2D eigenvalue weighted by Crippen LogP contribution is 2.23. The first kappa shape index (κ1) is 14.4. The first-order chi connectivity index (χ1) is 9.29. The fourth-order valence-electron chi connectivity index (χ4n) is 2.08. The Balaban J connectivity index is 2.34. The van der Waals surface area contributed by atoms with Gasteiger partial charge < -0.3 is 0 Å². The molecule has 104 valence electrons. The predicted molar refractivity (Wildman–Crippen MR) is 79.7 cm³/mol. The number of ketones is 1. The van der Waals surface area contributed by atoms with E-state index in [9.17, 15) is 9.18 Å². The molecule has 2 rings (SSSR count). The van der Waals surface area contributed by atoms with Gasteiger partial charge in [-0.25, -0.2) is 4.39 Å². The summed E-state index contributed by atoms with van der Waals surface area (Å²) in [4.78, 5) is 12.3. The van der Waals surface area contributed by atoms with Crippen LogP contribution in [0.15, 0.2) is 42.5 Å². The molecule has 0 aliphatic carbocycles. The maximum Gasteiger partial charge on any atom is 0.195 e. The minimum Gasteiger partial charge on any atom is -0.288 e. The van der Waals surface area contributed by atoms with Crippen LogP contribution in [0.5, 0.6) is 0 Å². The quantitative estimate of drug-likeness (QED) is 0.725. The van der Waals surface area contributed by atoms with E-state index in [4.69, 9.17) is 0 Å². The fraction of sp³-hybridized carbons (Fsp3) is 0.278. The number of hydrogen-bond acceptors (Lipinski definition) is 1. The van der Waals surface area contributed by atoms with Gasteiger partial charge in [0, 0.05) is 5.56 Å². The predicted octanol–water partition coefficient (Wildman–Crippen LogP) is 4.66. The topological polar surface area (TPSA) is 17.1 Å². The molecule has 2 aromatic carbocycles. The van der Waals surface area contributed by atoms with Crippen LogP contribution in [-0.2, 0) is 5.41 Å². The standard InChI is InChI=1S/C18H19FO/c1-12-5-10-15(16(19)11-12)17(20)13-6-8-14(9-7-13)18(2,3)4/h5-11H,1-4H3. The molecule has 0 aromatic heterocycles. The Morgan fingerprint density at radius 3 is 2.10 bits per heavy atom. The minimum absolute atomic E-state index is 0.0384. The lowest BCUT2D eigenvalue weighted by atomic mass is 9.86. The molecule has 0 amide bonds. The summed E-state index contributed by atoms with van der Waals surface area (Å²) in [7, 11) is 0. The second kappa shape index (κ2) is 5.20. The van der Waals surface area contributed by atoms with Gasteiger partial charge in [-0.15, -0.1) is 0 Å². The summed E-state index contributed by atoms with van der Waals surface area (Å²) < 4.78 is 13.8. The molecule has 0 saturated carbocycles. The SMILES string of the molecule is Cc1ccc(C(=O)c2ccc(C(C)(C)C)cc2)c(F)c1. The van der Waals surface area contributed by atoms with Crippen molar-refractivity contribution in [2.45, 2.75) is 33.1 Å². The van der Waals surface area contributed by atoms with E-state index >= 15 is 0 Å². The van der Waals surface area contributed by atoms with Crippen molar-refractivity contribution in [2.24, 2.45) is 0 Å². The summed E-state index contributed by atoms with van der Waals surface area (Å²) >= 11 is 0. The molecule has 0 fully saturated rings. The first-order valence-corrected chi connectivity index (χ1v) is 6.70. The molecule has 0 unspecified atom stereocenters. The van der Waals surface area contributed by atoms with E-state index < -0.39 is 5.82 Å². The largest absolute Gasteiger partial charge is 0.288 e. The molecule has 1 nitrogen and oxygen atoms in total. The third-order valence-electron chi connectivity index (χ3n) is 3.38. The van der Waals surface area contributed by atoms with E-state index in [1.807, 2.05) is 12.1 Å². The van der Waals surface area contributed by atoms with Gasteiger partial charge in [0.2, 0.25) is 0 Å². The lowest BCUT2D eigenvalue weighted by molar-refractivity contribution is 0.103. The summed E-state index contributed by atoms with van der Waals surface area (Å²) in [5.74, 6) is -0.738. The van der Waals surface area contributed by atoms with Gasteiger partial charge in [-0.2, -0.15) is 0 Å². The normalized spacial score (nSPS) is 11.4. The zero-order valence-electron chi connectivity index (χ0n) is 12.3. The molecular formula is C18H19FO. The van der Waals surface area contributed by atoms with Crippen LogP contribution >= 0.6 is 0 Å². The summed E-state index contributed by atoms with van der Waals surface area (Å²) in [6.45, 7) is 8.14. The first-order valence-electron chi connectivity index (χ1n) is 6.70. The van der Waals surface area contributed by atoms with Crippen LogP contribution in [0.2, 0.25) is 0 Å². The van der Waals surface area contributed by atoms with E-state index in [-0.39, 0.29) is 16.8 Å². The van der Waals surface area contributed by atoms with Crippen molar-refractivity contribution in [2.75, 3.05) is 0 Å². The van der Waals surface area contributed by atoms with Gasteiger partial charge >= 0.3 is 0 Å². The number of halogens is 1. The average molecular weight is 270 g/mol. The van der Waals surface area contributed by atoms with Gasteiger partial charge in [-0.1, -0.05) is 51.1 Å². The monoisotopic (exact) mass is 270 g/mol. The molecule has 0 aliphatic rings. The van der Waals surface area contributed by atoms with Crippen LogP contribution < -0.4 is 0 Å². The Kier molecular flexibility index (Phi) is 3.76. The maximum absolute atomic E-state index is 13.8. The number of carbonyl (C=O) groups is 1. The Morgan fingerprint density at radius 2 is 1.60 bits per heavy atom. The van der Waals surface area contributed by atoms with Gasteiger partial charge in [-0.05, 0) is 35.6 Å². The second-order valence-electron chi connectivity index (χ2n) is 6.14. The van der Waals surface area contributed by atoms with Crippen LogP contribution in [0.3, 0.4) is 0 Å². The molecule has 0 bridgehead atoms. The number of rotatable bonds is 2. The number of aryl methyl sites for hydroxylation is 1. The second-order valence-corrected chi connectivity index (χ2v) is 6.14. The van der Waals surface area contributed by atoms with Gasteiger partial charge in [0.1, 0.15) is 5.82 Å². The van der Waals surface area contributed by atoms with Gasteiger partial charge in [0.25, 0.3) is 0 Å². The Labute approximate surface area is 119 Å². The molecular weight excluding hydrogens is 251 g/mol. The molecule has 2 heteroatoms. The molecule has 0 heterocycles. The van der Waals surface area contributed by atoms with Gasteiger partial charge in [-0.3, -0.25) is 4.79 Å². The molecule has 2 aromatic rings. The lowest BCUT2D eigenvalue weighted by Crippen LogP contribution is -2.11. The van der Waals surface area contributed by atoms with Crippen molar-refractivity contribution in [1.29, 1.82) is 0 Å². The maximum atomic E-state index is 13.8. The summed E-state index contributed by atoms with van der Waals surface area (Å²) in [5, 5.41) is 0. The molecule has 0 aliphatic heterocycles. The number of hydrogen-bond donors (Lipinski definition) is 0. The molecule has 0 atom stereocenters. The Bertz CT molecular complexity index is 633. The number of benzene rings is 2. The summed E-state index contributed by atoms with van der Waals surface area (Å²) in [6.07, 6.45) is 0. The third kappa shape index (κ3) is 2.96. The Hall–Kier alpha value is -1.96. The highest BCUT2D eigenvalue weighted by atomic mass is 19.1. The third-order valence-corrected chi connectivity index (χ3v) is 3.38. The van der Waals surface area contributed by atoms with Crippen molar-refractivity contribution >= 4 is 5.78 Å². The van der Waals surface area contributed by atoms with Crippen molar-refractivity contribution < 1.29 is 9.18 Å². The van der Waals surface area contributed by atoms with Gasteiger partial charge in [0.05, 0.1) is 5.56 Å². The zero-order valence-corrected chi connectivity index (χ0v) is 12.3. The molecule has 0 radical (unpaired) electrons. The van der Waals surface area contributed by atoms with Gasteiger partial charge in [0.15, 0.2) is 5.78 Å². The highest BCUT2D eigenvalue weighted by Gasteiger charge is 2.16. The average Bonchev–Trinajstić information content (AvgIpc) is 2.37. The lowest BCUT2D eigenvalue weighted by Gasteiger charge is -2.19. The molecule has 0 N–H and O–H groups in total. The van der Waals surface area contributed by atoms with E-state index in [1.54, 1.807) is 31.2 Å².